The number of benzene rings is 1. The van der Waals surface area contributed by atoms with Crippen molar-refractivity contribution < 1.29 is 9.90 Å². The number of nitrogens with zero attached hydrogens (tertiary/aromatic N) is 3. The highest BCUT2D eigenvalue weighted by Gasteiger charge is 2.22. The Bertz CT molecular complexity index is 663. The van der Waals surface area contributed by atoms with Gasteiger partial charge in [0.25, 0.3) is 0 Å². The number of hydrogen-bond acceptors (Lipinski definition) is 3. The average molecular weight is 313 g/mol. The lowest BCUT2D eigenvalue weighted by molar-refractivity contribution is 0.0697. The molecule has 0 radical (unpaired) electrons. The van der Waals surface area contributed by atoms with Gasteiger partial charge < -0.3 is 5.11 Å². The molecule has 5 heteroatoms. The highest BCUT2D eigenvalue weighted by Crippen LogP contribution is 2.27. The Hall–Kier alpha value is -2.14. The van der Waals surface area contributed by atoms with Gasteiger partial charge >= 0.3 is 5.97 Å². The lowest BCUT2D eigenvalue weighted by atomic mass is 9.90. The second kappa shape index (κ2) is 6.96. The Kier molecular flexibility index (Phi) is 4.76. The predicted molar refractivity (Wildman–Crippen MR) is 88.6 cm³/mol. The van der Waals surface area contributed by atoms with Gasteiger partial charge in [-0.05, 0) is 56.0 Å². The molecule has 23 heavy (non-hydrogen) atoms. The van der Waals surface area contributed by atoms with Gasteiger partial charge in [-0.3, -0.25) is 9.58 Å². The SMILES string of the molecule is CCn1ccc(CN2CCC[C@H](c3ccc(C(=O)O)cc3)C2)n1. The third-order valence-corrected chi connectivity index (χ3v) is 4.54. The van der Waals surface area contributed by atoms with E-state index in [1.165, 1.54) is 12.0 Å². The third kappa shape index (κ3) is 3.79. The van der Waals surface area contributed by atoms with Crippen molar-refractivity contribution in [3.8, 4) is 0 Å². The van der Waals surface area contributed by atoms with Crippen molar-refractivity contribution in [2.24, 2.45) is 0 Å². The number of carboxylic acid groups (broad SMARTS) is 1. The zero-order valence-corrected chi connectivity index (χ0v) is 13.5. The van der Waals surface area contributed by atoms with Crippen LogP contribution < -0.4 is 0 Å². The molecule has 0 unspecified atom stereocenters. The van der Waals surface area contributed by atoms with Crippen LogP contribution in [0.3, 0.4) is 0 Å². The molecule has 2 heterocycles. The lowest BCUT2D eigenvalue weighted by Crippen LogP contribution is -2.34. The Morgan fingerprint density at radius 2 is 2.09 bits per heavy atom. The number of aromatic nitrogens is 2. The minimum absolute atomic E-state index is 0.353. The molecule has 3 rings (SSSR count). The Morgan fingerprint density at radius 1 is 1.30 bits per heavy atom. The van der Waals surface area contributed by atoms with E-state index in [1.54, 1.807) is 12.1 Å². The van der Waals surface area contributed by atoms with E-state index in [1.807, 2.05) is 23.0 Å². The topological polar surface area (TPSA) is 58.4 Å². The van der Waals surface area contributed by atoms with Gasteiger partial charge in [-0.25, -0.2) is 4.79 Å². The van der Waals surface area contributed by atoms with Gasteiger partial charge in [-0.15, -0.1) is 0 Å². The van der Waals surface area contributed by atoms with Crippen LogP contribution in [0.2, 0.25) is 0 Å². The van der Waals surface area contributed by atoms with Crippen LogP contribution in [0.15, 0.2) is 36.5 Å². The zero-order valence-electron chi connectivity index (χ0n) is 13.5. The van der Waals surface area contributed by atoms with E-state index in [0.717, 1.165) is 38.3 Å². The molecule has 0 aliphatic carbocycles. The Labute approximate surface area is 136 Å². The van der Waals surface area contributed by atoms with Gasteiger partial charge in [-0.2, -0.15) is 5.10 Å². The molecule has 1 aliphatic rings. The van der Waals surface area contributed by atoms with Gasteiger partial charge in [0.05, 0.1) is 11.3 Å². The second-order valence-electron chi connectivity index (χ2n) is 6.16. The number of carbonyl (C=O) groups is 1. The van der Waals surface area contributed by atoms with Gasteiger partial charge in [0.2, 0.25) is 0 Å². The summed E-state index contributed by atoms with van der Waals surface area (Å²) in [5, 5.41) is 13.6. The number of carboxylic acids is 1. The van der Waals surface area contributed by atoms with Crippen molar-refractivity contribution in [2.45, 2.75) is 38.8 Å². The molecule has 1 aromatic heterocycles. The van der Waals surface area contributed by atoms with Crippen LogP contribution in [-0.4, -0.2) is 38.8 Å². The van der Waals surface area contributed by atoms with E-state index in [0.29, 0.717) is 11.5 Å². The first-order valence-electron chi connectivity index (χ1n) is 8.23. The number of aryl methyl sites for hydroxylation is 1. The van der Waals surface area contributed by atoms with Crippen molar-refractivity contribution in [3.63, 3.8) is 0 Å². The van der Waals surface area contributed by atoms with Crippen LogP contribution in [0, 0.1) is 0 Å². The summed E-state index contributed by atoms with van der Waals surface area (Å²) in [6.45, 7) is 5.98. The molecule has 0 saturated carbocycles. The van der Waals surface area contributed by atoms with E-state index in [-0.39, 0.29) is 0 Å². The number of aromatic carboxylic acids is 1. The Balaban J connectivity index is 1.64. The second-order valence-corrected chi connectivity index (χ2v) is 6.16. The summed E-state index contributed by atoms with van der Waals surface area (Å²) in [5.41, 5.74) is 2.71. The number of piperidine rings is 1. The third-order valence-electron chi connectivity index (χ3n) is 4.54. The quantitative estimate of drug-likeness (QED) is 0.922. The number of likely N-dealkylation sites (tertiary alicyclic amines) is 1. The fourth-order valence-corrected chi connectivity index (χ4v) is 3.26. The number of rotatable bonds is 5. The summed E-state index contributed by atoms with van der Waals surface area (Å²) in [5.74, 6) is -0.395. The molecule has 1 aromatic carbocycles. The van der Waals surface area contributed by atoms with E-state index < -0.39 is 5.97 Å². The molecular weight excluding hydrogens is 290 g/mol. The highest BCUT2D eigenvalue weighted by molar-refractivity contribution is 5.87. The first-order valence-corrected chi connectivity index (χ1v) is 8.23. The summed E-state index contributed by atoms with van der Waals surface area (Å²) >= 11 is 0. The van der Waals surface area contributed by atoms with Crippen LogP contribution in [0.4, 0.5) is 0 Å². The molecule has 2 aromatic rings. The summed E-state index contributed by atoms with van der Waals surface area (Å²) < 4.78 is 1.96. The lowest BCUT2D eigenvalue weighted by Gasteiger charge is -2.32. The minimum atomic E-state index is -0.867. The largest absolute Gasteiger partial charge is 0.478 e. The fourth-order valence-electron chi connectivity index (χ4n) is 3.26. The van der Waals surface area contributed by atoms with E-state index in [2.05, 4.69) is 23.0 Å². The van der Waals surface area contributed by atoms with Gasteiger partial charge in [0.15, 0.2) is 0 Å². The van der Waals surface area contributed by atoms with Crippen LogP contribution >= 0.6 is 0 Å². The molecule has 0 amide bonds. The maximum absolute atomic E-state index is 11.0. The maximum atomic E-state index is 11.0. The summed E-state index contributed by atoms with van der Waals surface area (Å²) in [6, 6.07) is 9.43. The molecule has 1 N–H and O–H groups in total. The molecule has 1 atom stereocenters. The molecular formula is C18H23N3O2. The molecule has 1 saturated heterocycles. The fraction of sp³-hybridized carbons (Fsp3) is 0.444. The smallest absolute Gasteiger partial charge is 0.335 e. The first kappa shape index (κ1) is 15.7. The normalized spacial score (nSPS) is 18.9. The van der Waals surface area contributed by atoms with Crippen LogP contribution in [0.25, 0.3) is 0 Å². The van der Waals surface area contributed by atoms with E-state index >= 15 is 0 Å². The molecule has 1 aliphatic heterocycles. The zero-order chi connectivity index (χ0) is 16.2. The Morgan fingerprint density at radius 3 is 2.74 bits per heavy atom. The molecule has 5 nitrogen and oxygen atoms in total. The van der Waals surface area contributed by atoms with Crippen molar-refractivity contribution in [2.75, 3.05) is 13.1 Å². The standard InChI is InChI=1S/C18H23N3O2/c1-2-21-11-9-17(19-21)13-20-10-3-4-16(12-20)14-5-7-15(8-6-14)18(22)23/h5-9,11,16H,2-4,10,12-13H2,1H3,(H,22,23)/t16-/m0/s1. The van der Waals surface area contributed by atoms with E-state index in [4.69, 9.17) is 5.11 Å². The molecule has 0 spiro atoms. The van der Waals surface area contributed by atoms with Crippen molar-refractivity contribution in [1.29, 1.82) is 0 Å². The summed E-state index contributed by atoms with van der Waals surface area (Å²) in [6.07, 6.45) is 4.35. The van der Waals surface area contributed by atoms with Gasteiger partial charge in [0, 0.05) is 25.8 Å². The predicted octanol–water partition coefficient (Wildman–Crippen LogP) is 2.98. The van der Waals surface area contributed by atoms with Crippen LogP contribution in [0.1, 0.15) is 47.3 Å². The molecule has 0 bridgehead atoms. The van der Waals surface area contributed by atoms with E-state index in [9.17, 15) is 4.79 Å². The maximum Gasteiger partial charge on any atom is 0.335 e. The number of hydrogen-bond donors (Lipinski definition) is 1. The van der Waals surface area contributed by atoms with Crippen LogP contribution in [-0.2, 0) is 13.1 Å². The first-order chi connectivity index (χ1) is 11.2. The monoisotopic (exact) mass is 313 g/mol. The molecule has 122 valence electrons. The van der Waals surface area contributed by atoms with Crippen molar-refractivity contribution in [1.82, 2.24) is 14.7 Å². The van der Waals surface area contributed by atoms with Crippen molar-refractivity contribution >= 4 is 5.97 Å². The average Bonchev–Trinajstić information content (AvgIpc) is 3.03. The minimum Gasteiger partial charge on any atom is -0.478 e. The molecule has 1 fully saturated rings. The summed E-state index contributed by atoms with van der Waals surface area (Å²) in [7, 11) is 0. The summed E-state index contributed by atoms with van der Waals surface area (Å²) in [4.78, 5) is 13.4. The van der Waals surface area contributed by atoms with Crippen LogP contribution in [0.5, 0.6) is 0 Å². The van der Waals surface area contributed by atoms with Gasteiger partial charge in [-0.1, -0.05) is 12.1 Å². The van der Waals surface area contributed by atoms with Gasteiger partial charge in [0.1, 0.15) is 0 Å². The van der Waals surface area contributed by atoms with Crippen molar-refractivity contribution in [3.05, 3.63) is 53.3 Å². The highest BCUT2D eigenvalue weighted by atomic mass is 16.4.